The van der Waals surface area contributed by atoms with Gasteiger partial charge in [0.25, 0.3) is 0 Å². The molecule has 0 spiro atoms. The second-order valence-electron chi connectivity index (χ2n) is 3.66. The van der Waals surface area contributed by atoms with E-state index in [9.17, 15) is 9.59 Å². The average molecular weight is 264 g/mol. The van der Waals surface area contributed by atoms with Gasteiger partial charge in [-0.3, -0.25) is 0 Å². The van der Waals surface area contributed by atoms with Crippen LogP contribution in [0, 0.1) is 0 Å². The van der Waals surface area contributed by atoms with E-state index in [1.165, 1.54) is 12.1 Å². The van der Waals surface area contributed by atoms with Crippen molar-refractivity contribution in [3.8, 4) is 0 Å². The largest absolute Gasteiger partial charge is 0.350 e. The Hall–Kier alpha value is -2.58. The van der Waals surface area contributed by atoms with Gasteiger partial charge in [0.1, 0.15) is 0 Å². The maximum atomic E-state index is 11.1. The number of amides is 4. The van der Waals surface area contributed by atoms with Crippen LogP contribution in [0.5, 0.6) is 0 Å². The van der Waals surface area contributed by atoms with Crippen LogP contribution in [0.15, 0.2) is 24.3 Å². The summed E-state index contributed by atoms with van der Waals surface area (Å²) in [5.41, 5.74) is 11.5. The lowest BCUT2D eigenvalue weighted by Gasteiger charge is -2.19. The summed E-state index contributed by atoms with van der Waals surface area (Å²) < 4.78 is 0. The number of nitrogens with zero attached hydrogens (tertiary/aromatic N) is 2. The zero-order valence-electron chi connectivity index (χ0n) is 10.4. The lowest BCUT2D eigenvalue weighted by atomic mass is 10.1. The molecule has 0 radical (unpaired) electrons. The Morgan fingerprint density at radius 2 is 1.68 bits per heavy atom. The molecule has 0 aliphatic heterocycles. The zero-order valence-corrected chi connectivity index (χ0v) is 10.4. The Labute approximate surface area is 110 Å². The van der Waals surface area contributed by atoms with Crippen LogP contribution in [0.25, 0.3) is 6.08 Å². The normalized spacial score (nSPS) is 10.5. The van der Waals surface area contributed by atoms with Gasteiger partial charge in [-0.15, -0.1) is 0 Å². The minimum absolute atomic E-state index is 0.363. The maximum Gasteiger partial charge on any atom is 0.333 e. The molecular weight excluding hydrogens is 248 g/mol. The number of hydrogen-bond donors (Lipinski definition) is 4. The molecule has 1 aromatic carbocycles. The molecule has 8 heteroatoms. The van der Waals surface area contributed by atoms with Gasteiger partial charge in [0.15, 0.2) is 0 Å². The molecule has 0 aliphatic rings. The van der Waals surface area contributed by atoms with E-state index in [-0.39, 0.29) is 0 Å². The molecule has 19 heavy (non-hydrogen) atoms. The second-order valence-corrected chi connectivity index (χ2v) is 3.66. The van der Waals surface area contributed by atoms with Crippen LogP contribution in [0.3, 0.4) is 0 Å². The minimum Gasteiger partial charge on any atom is -0.350 e. The second kappa shape index (κ2) is 5.85. The fourth-order valence-electron chi connectivity index (χ4n) is 1.47. The van der Waals surface area contributed by atoms with Gasteiger partial charge < -0.3 is 11.5 Å². The molecule has 0 atom stereocenters. The first-order valence-electron chi connectivity index (χ1n) is 5.33. The van der Waals surface area contributed by atoms with Gasteiger partial charge in [-0.2, -0.15) is 0 Å². The molecule has 0 fully saturated rings. The summed E-state index contributed by atoms with van der Waals surface area (Å²) in [4.78, 5) is 22.1. The molecule has 0 unspecified atom stereocenters. The van der Waals surface area contributed by atoms with Crippen molar-refractivity contribution in [3.05, 3.63) is 29.8 Å². The molecule has 1 rings (SSSR count). The molecule has 0 bridgehead atoms. The first-order chi connectivity index (χ1) is 8.88. The van der Waals surface area contributed by atoms with Crippen LogP contribution in [0.4, 0.5) is 21.0 Å². The molecule has 0 aliphatic carbocycles. The molecule has 0 aromatic heterocycles. The zero-order chi connectivity index (χ0) is 14.6. The number of hydrazine groups is 2. The van der Waals surface area contributed by atoms with E-state index in [4.69, 9.17) is 23.2 Å². The number of nitrogens with two attached hydrogens (primary N) is 4. The summed E-state index contributed by atoms with van der Waals surface area (Å²) in [5.74, 6) is 11.0. The third kappa shape index (κ3) is 3.21. The number of rotatable bonds is 3. The molecule has 4 amide bonds. The molecule has 0 heterocycles. The third-order valence-corrected chi connectivity index (χ3v) is 2.37. The van der Waals surface area contributed by atoms with Crippen molar-refractivity contribution in [2.24, 2.45) is 23.2 Å². The van der Waals surface area contributed by atoms with Crippen LogP contribution in [0.1, 0.15) is 12.5 Å². The molecule has 0 saturated carbocycles. The highest BCUT2D eigenvalue weighted by Crippen LogP contribution is 2.25. The number of benzene rings is 1. The van der Waals surface area contributed by atoms with Gasteiger partial charge in [0.05, 0.1) is 11.4 Å². The van der Waals surface area contributed by atoms with Crippen molar-refractivity contribution in [1.29, 1.82) is 0 Å². The molecule has 1 aromatic rings. The molecule has 8 nitrogen and oxygen atoms in total. The Kier molecular flexibility index (Phi) is 4.46. The van der Waals surface area contributed by atoms with Gasteiger partial charge >= 0.3 is 12.1 Å². The van der Waals surface area contributed by atoms with E-state index in [0.29, 0.717) is 16.9 Å². The lowest BCUT2D eigenvalue weighted by molar-refractivity contribution is 0.253. The Balaban J connectivity index is 3.29. The number of anilines is 2. The van der Waals surface area contributed by atoms with Gasteiger partial charge in [0, 0.05) is 5.56 Å². The first-order valence-corrected chi connectivity index (χ1v) is 5.33. The summed E-state index contributed by atoms with van der Waals surface area (Å²) in [5, 5.41) is 1.58. The van der Waals surface area contributed by atoms with Crippen molar-refractivity contribution < 1.29 is 9.59 Å². The molecular formula is C11H16N6O2. The minimum atomic E-state index is -0.807. The van der Waals surface area contributed by atoms with E-state index >= 15 is 0 Å². The highest BCUT2D eigenvalue weighted by molar-refractivity contribution is 5.94. The highest BCUT2D eigenvalue weighted by Gasteiger charge is 2.14. The van der Waals surface area contributed by atoms with Crippen molar-refractivity contribution in [1.82, 2.24) is 0 Å². The SMILES string of the molecule is CC=Cc1cc(N(N)C(N)=O)ccc1N(N)C(N)=O. The predicted molar refractivity (Wildman–Crippen MR) is 73.6 cm³/mol. The Morgan fingerprint density at radius 1 is 1.11 bits per heavy atom. The van der Waals surface area contributed by atoms with Crippen molar-refractivity contribution >= 4 is 29.5 Å². The smallest absolute Gasteiger partial charge is 0.333 e. The van der Waals surface area contributed by atoms with Crippen LogP contribution in [0.2, 0.25) is 0 Å². The Morgan fingerprint density at radius 3 is 2.16 bits per heavy atom. The van der Waals surface area contributed by atoms with E-state index in [0.717, 1.165) is 10.0 Å². The van der Waals surface area contributed by atoms with Crippen LogP contribution < -0.4 is 33.2 Å². The van der Waals surface area contributed by atoms with Gasteiger partial charge in [0.2, 0.25) is 0 Å². The summed E-state index contributed by atoms with van der Waals surface area (Å²) in [6, 6.07) is 2.95. The molecule has 0 saturated heterocycles. The quantitative estimate of drug-likeness (QED) is 0.352. The molecule has 102 valence electrons. The van der Waals surface area contributed by atoms with Crippen LogP contribution in [-0.2, 0) is 0 Å². The number of primary amides is 2. The standard InChI is InChI=1S/C11H16N6O2/c1-2-3-7-6-8(16(14)10(12)18)4-5-9(7)17(15)11(13)19/h2-6H,14-15H2,1H3,(H2,12,18)(H2,13,19). The fourth-order valence-corrected chi connectivity index (χ4v) is 1.47. The van der Waals surface area contributed by atoms with Gasteiger partial charge in [-0.25, -0.2) is 31.3 Å². The highest BCUT2D eigenvalue weighted by atomic mass is 16.2. The lowest BCUT2D eigenvalue weighted by Crippen LogP contribution is -2.43. The fraction of sp³-hybridized carbons (Fsp3) is 0.0909. The van der Waals surface area contributed by atoms with Crippen molar-refractivity contribution in [3.63, 3.8) is 0 Å². The average Bonchev–Trinajstić information content (AvgIpc) is 2.37. The number of carbonyl (C=O) groups excluding carboxylic acids is 2. The number of hydrogen-bond acceptors (Lipinski definition) is 4. The van der Waals surface area contributed by atoms with Crippen LogP contribution >= 0.6 is 0 Å². The van der Waals surface area contributed by atoms with Crippen LogP contribution in [-0.4, -0.2) is 12.1 Å². The van der Waals surface area contributed by atoms with E-state index < -0.39 is 12.1 Å². The van der Waals surface area contributed by atoms with Crippen molar-refractivity contribution in [2.45, 2.75) is 6.92 Å². The maximum absolute atomic E-state index is 11.1. The van der Waals surface area contributed by atoms with Gasteiger partial charge in [-0.1, -0.05) is 12.2 Å². The monoisotopic (exact) mass is 264 g/mol. The van der Waals surface area contributed by atoms with Crippen molar-refractivity contribution in [2.75, 3.05) is 10.0 Å². The predicted octanol–water partition coefficient (Wildman–Crippen LogP) is 0.237. The summed E-state index contributed by atoms with van der Waals surface area (Å²) in [7, 11) is 0. The van der Waals surface area contributed by atoms with Gasteiger partial charge in [-0.05, 0) is 25.1 Å². The first kappa shape index (κ1) is 14.5. The van der Waals surface area contributed by atoms with E-state index in [1.807, 2.05) is 0 Å². The summed E-state index contributed by atoms with van der Waals surface area (Å²) >= 11 is 0. The Bertz CT molecular complexity index is 528. The van der Waals surface area contributed by atoms with E-state index in [1.54, 1.807) is 25.1 Å². The topological polar surface area (TPSA) is 145 Å². The van der Waals surface area contributed by atoms with E-state index in [2.05, 4.69) is 0 Å². The summed E-state index contributed by atoms with van der Waals surface area (Å²) in [6.07, 6.45) is 3.43. The number of allylic oxidation sites excluding steroid dienone is 1. The number of urea groups is 2. The molecule has 8 N–H and O–H groups in total. The summed E-state index contributed by atoms with van der Waals surface area (Å²) in [6.45, 7) is 1.79. The number of carbonyl (C=O) groups is 2. The third-order valence-electron chi connectivity index (χ3n) is 2.37.